The molecule has 2 aromatic heterocycles. The van der Waals surface area contributed by atoms with Crippen molar-refractivity contribution in [3.8, 4) is 11.3 Å². The summed E-state index contributed by atoms with van der Waals surface area (Å²) in [4.78, 5) is 3.30. The highest BCUT2D eigenvalue weighted by molar-refractivity contribution is 5.56. The third-order valence-electron chi connectivity index (χ3n) is 1.79. The number of halogens is 3. The lowest BCUT2D eigenvalue weighted by atomic mass is 10.2. The Bertz CT molecular complexity index is 433. The molecule has 0 bridgehead atoms. The Hall–Kier alpha value is -1.85. The zero-order valence-electron chi connectivity index (χ0n) is 7.32. The van der Waals surface area contributed by atoms with E-state index in [0.29, 0.717) is 11.3 Å². The van der Waals surface area contributed by atoms with E-state index in [1.807, 2.05) is 0 Å². The van der Waals surface area contributed by atoms with E-state index < -0.39 is 11.9 Å². The molecule has 0 saturated heterocycles. The summed E-state index contributed by atoms with van der Waals surface area (Å²) in [6.07, 6.45) is -1.96. The van der Waals surface area contributed by atoms with Gasteiger partial charge in [-0.15, -0.1) is 0 Å². The van der Waals surface area contributed by atoms with Gasteiger partial charge in [0.1, 0.15) is 17.7 Å². The maximum absolute atomic E-state index is 12.2. The highest BCUT2D eigenvalue weighted by Gasteiger charge is 2.32. The zero-order chi connectivity index (χ0) is 10.9. The van der Waals surface area contributed by atoms with Gasteiger partial charge >= 0.3 is 6.18 Å². The predicted octanol–water partition coefficient (Wildman–Crippen LogP) is 2.76. The molecular weight excluding hydrogens is 209 g/mol. The molecule has 0 saturated carbocycles. The second-order valence-electron chi connectivity index (χ2n) is 2.81. The Kier molecular flexibility index (Phi) is 2.18. The van der Waals surface area contributed by atoms with Crippen LogP contribution in [-0.4, -0.2) is 10.1 Å². The minimum atomic E-state index is -4.41. The van der Waals surface area contributed by atoms with E-state index in [0.717, 1.165) is 12.3 Å². The van der Waals surface area contributed by atoms with Crippen molar-refractivity contribution >= 4 is 0 Å². The van der Waals surface area contributed by atoms with Crippen LogP contribution >= 0.6 is 0 Å². The summed E-state index contributed by atoms with van der Waals surface area (Å²) in [6, 6.07) is 3.75. The molecule has 2 heterocycles. The first kappa shape index (κ1) is 9.70. The molecular formula is C9H5F3N2O. The summed E-state index contributed by atoms with van der Waals surface area (Å²) in [6.45, 7) is 0. The smallest absolute Gasteiger partial charge is 0.364 e. The van der Waals surface area contributed by atoms with Crippen molar-refractivity contribution in [2.75, 3.05) is 0 Å². The van der Waals surface area contributed by atoms with E-state index in [4.69, 9.17) is 0 Å². The Labute approximate surface area is 82.5 Å². The molecule has 2 rings (SSSR count). The molecule has 3 nitrogen and oxygen atoms in total. The van der Waals surface area contributed by atoms with Gasteiger partial charge in [0.05, 0.1) is 0 Å². The fourth-order valence-electron chi connectivity index (χ4n) is 1.07. The normalized spacial score (nSPS) is 11.7. The molecule has 2 aromatic rings. The number of nitrogens with zero attached hydrogens (tertiary/aromatic N) is 2. The summed E-state index contributed by atoms with van der Waals surface area (Å²) in [5.41, 5.74) is 0.0164. The Morgan fingerprint density at radius 3 is 2.40 bits per heavy atom. The maximum atomic E-state index is 12.2. The van der Waals surface area contributed by atoms with Crippen LogP contribution in [0, 0.1) is 0 Å². The molecule has 78 valence electrons. The molecule has 6 heteroatoms. The molecule has 0 amide bonds. The molecule has 0 aromatic carbocycles. The number of hydrogen-bond donors (Lipinski definition) is 0. The molecule has 0 spiro atoms. The molecule has 0 fully saturated rings. The molecule has 15 heavy (non-hydrogen) atoms. The van der Waals surface area contributed by atoms with Crippen molar-refractivity contribution < 1.29 is 17.7 Å². The number of pyridine rings is 1. The van der Waals surface area contributed by atoms with Gasteiger partial charge in [0, 0.05) is 17.8 Å². The van der Waals surface area contributed by atoms with Gasteiger partial charge in [-0.25, -0.2) is 0 Å². The van der Waals surface area contributed by atoms with Crippen molar-refractivity contribution in [3.05, 3.63) is 36.4 Å². The van der Waals surface area contributed by atoms with Crippen LogP contribution in [0.3, 0.4) is 0 Å². The van der Waals surface area contributed by atoms with Gasteiger partial charge in [-0.05, 0) is 12.1 Å². The minimum absolute atomic E-state index is 0.455. The van der Waals surface area contributed by atoms with E-state index in [2.05, 4.69) is 14.7 Å². The average molecular weight is 214 g/mol. The van der Waals surface area contributed by atoms with E-state index >= 15 is 0 Å². The molecule has 0 N–H and O–H groups in total. The van der Waals surface area contributed by atoms with Crippen LogP contribution in [0.4, 0.5) is 13.2 Å². The molecule has 0 aliphatic carbocycles. The third-order valence-corrected chi connectivity index (χ3v) is 1.79. The lowest BCUT2D eigenvalue weighted by Gasteiger charge is -2.04. The van der Waals surface area contributed by atoms with Crippen LogP contribution < -0.4 is 0 Å². The van der Waals surface area contributed by atoms with Gasteiger partial charge in [0.2, 0.25) is 0 Å². The second kappa shape index (κ2) is 3.38. The van der Waals surface area contributed by atoms with Gasteiger partial charge in [-0.3, -0.25) is 4.98 Å². The number of alkyl halides is 3. The Morgan fingerprint density at radius 2 is 1.93 bits per heavy atom. The van der Waals surface area contributed by atoms with Crippen LogP contribution in [0.15, 0.2) is 35.2 Å². The third kappa shape index (κ3) is 1.98. The summed E-state index contributed by atoms with van der Waals surface area (Å²) in [5.74, 6) is 0. The van der Waals surface area contributed by atoms with Crippen LogP contribution in [0.2, 0.25) is 0 Å². The minimum Gasteiger partial charge on any atom is -0.364 e. The van der Waals surface area contributed by atoms with E-state index in [1.54, 1.807) is 6.07 Å². The number of aromatic nitrogens is 2. The lowest BCUT2D eigenvalue weighted by molar-refractivity contribution is -0.141. The van der Waals surface area contributed by atoms with E-state index in [1.165, 1.54) is 12.3 Å². The standard InChI is InChI=1S/C9H5F3N2O/c10-9(11,12)8-2-1-6(5-13-8)7-3-4-15-14-7/h1-5H. The summed E-state index contributed by atoms with van der Waals surface area (Å²) in [7, 11) is 0. The molecule has 0 radical (unpaired) electrons. The highest BCUT2D eigenvalue weighted by Crippen LogP contribution is 2.28. The Morgan fingerprint density at radius 1 is 1.13 bits per heavy atom. The molecule has 0 aliphatic rings. The van der Waals surface area contributed by atoms with Crippen molar-refractivity contribution in [3.63, 3.8) is 0 Å². The largest absolute Gasteiger partial charge is 0.433 e. The SMILES string of the molecule is FC(F)(F)c1ccc(-c2ccon2)cn1. The van der Waals surface area contributed by atoms with Crippen molar-refractivity contribution in [2.45, 2.75) is 6.18 Å². The molecule has 0 unspecified atom stereocenters. The molecule has 0 aliphatic heterocycles. The van der Waals surface area contributed by atoms with Crippen LogP contribution in [0.5, 0.6) is 0 Å². The lowest BCUT2D eigenvalue weighted by Crippen LogP contribution is -2.07. The quantitative estimate of drug-likeness (QED) is 0.732. The second-order valence-corrected chi connectivity index (χ2v) is 2.81. The van der Waals surface area contributed by atoms with Gasteiger partial charge in [-0.1, -0.05) is 5.16 Å². The Balaban J connectivity index is 2.33. The zero-order valence-corrected chi connectivity index (χ0v) is 7.32. The van der Waals surface area contributed by atoms with Gasteiger partial charge in [0.25, 0.3) is 0 Å². The van der Waals surface area contributed by atoms with E-state index in [-0.39, 0.29) is 0 Å². The highest BCUT2D eigenvalue weighted by atomic mass is 19.4. The van der Waals surface area contributed by atoms with Gasteiger partial charge in [-0.2, -0.15) is 13.2 Å². The summed E-state index contributed by atoms with van der Waals surface area (Å²) < 4.78 is 41.1. The summed E-state index contributed by atoms with van der Waals surface area (Å²) in [5, 5.41) is 3.58. The first-order valence-electron chi connectivity index (χ1n) is 4.01. The fourth-order valence-corrected chi connectivity index (χ4v) is 1.07. The van der Waals surface area contributed by atoms with Crippen molar-refractivity contribution in [1.82, 2.24) is 10.1 Å². The first-order chi connectivity index (χ1) is 7.07. The summed E-state index contributed by atoms with van der Waals surface area (Å²) >= 11 is 0. The average Bonchev–Trinajstić information content (AvgIpc) is 2.69. The van der Waals surface area contributed by atoms with Crippen LogP contribution in [0.1, 0.15) is 5.69 Å². The topological polar surface area (TPSA) is 38.9 Å². The van der Waals surface area contributed by atoms with Gasteiger partial charge in [0.15, 0.2) is 0 Å². The number of hydrogen-bond acceptors (Lipinski definition) is 3. The monoisotopic (exact) mass is 214 g/mol. The van der Waals surface area contributed by atoms with Crippen LogP contribution in [0.25, 0.3) is 11.3 Å². The van der Waals surface area contributed by atoms with Crippen molar-refractivity contribution in [2.24, 2.45) is 0 Å². The first-order valence-corrected chi connectivity index (χ1v) is 4.01. The molecule has 0 atom stereocenters. The maximum Gasteiger partial charge on any atom is 0.433 e. The van der Waals surface area contributed by atoms with E-state index in [9.17, 15) is 13.2 Å². The fraction of sp³-hybridized carbons (Fsp3) is 0.111. The predicted molar refractivity (Wildman–Crippen MR) is 44.7 cm³/mol. The van der Waals surface area contributed by atoms with Crippen LogP contribution in [-0.2, 0) is 6.18 Å². The number of rotatable bonds is 1. The van der Waals surface area contributed by atoms with Gasteiger partial charge < -0.3 is 4.52 Å². The van der Waals surface area contributed by atoms with Crippen molar-refractivity contribution in [1.29, 1.82) is 0 Å².